The number of hydrogen-bond acceptors (Lipinski definition) is 1. The summed E-state index contributed by atoms with van der Waals surface area (Å²) in [6.07, 6.45) is 0. The molecule has 1 atom stereocenters. The molecule has 3 rings (SSSR count). The fourth-order valence-electron chi connectivity index (χ4n) is 1.99. The molecule has 0 radical (unpaired) electrons. The summed E-state index contributed by atoms with van der Waals surface area (Å²) in [4.78, 5) is 5.06. The van der Waals surface area contributed by atoms with Crippen molar-refractivity contribution in [2.45, 2.75) is 10.6 Å². The topological polar surface area (TPSA) is 12.4 Å². The van der Waals surface area contributed by atoms with Gasteiger partial charge in [-0.1, -0.05) is 29.8 Å². The van der Waals surface area contributed by atoms with Gasteiger partial charge in [0.2, 0.25) is 0 Å². The Morgan fingerprint density at radius 1 is 1.11 bits per heavy atom. The summed E-state index contributed by atoms with van der Waals surface area (Å²) in [5.41, 5.74) is 3.82. The van der Waals surface area contributed by atoms with Crippen molar-refractivity contribution in [1.82, 2.24) is 0 Å². The molecular formula is C14H11ClFNS. The molecule has 92 valence electrons. The summed E-state index contributed by atoms with van der Waals surface area (Å²) in [6.45, 7) is 0. The third-order valence-electron chi connectivity index (χ3n) is 2.86. The van der Waals surface area contributed by atoms with Crippen molar-refractivity contribution in [1.29, 1.82) is 0 Å². The predicted octanol–water partition coefficient (Wildman–Crippen LogP) is 4.71. The van der Waals surface area contributed by atoms with Crippen molar-refractivity contribution in [3.05, 3.63) is 58.9 Å². The molecule has 0 bridgehead atoms. The van der Waals surface area contributed by atoms with Gasteiger partial charge in [0.15, 0.2) is 0 Å². The van der Waals surface area contributed by atoms with Crippen LogP contribution in [0.25, 0.3) is 0 Å². The van der Waals surface area contributed by atoms with E-state index in [9.17, 15) is 4.39 Å². The minimum atomic E-state index is -0.677. The SMILES string of the molecule is Fc1cccc2c1[SH](Cc1ccc(Cl)cc1)C=N2. The number of nitrogens with zero attached hydrogens (tertiary/aromatic N) is 1. The molecule has 0 saturated carbocycles. The first-order valence-corrected chi connectivity index (χ1v) is 7.55. The highest BCUT2D eigenvalue weighted by atomic mass is 35.5. The van der Waals surface area contributed by atoms with Gasteiger partial charge in [-0.25, -0.2) is 4.39 Å². The van der Waals surface area contributed by atoms with Crippen molar-refractivity contribution in [2.24, 2.45) is 4.99 Å². The summed E-state index contributed by atoms with van der Waals surface area (Å²) in [6, 6.07) is 12.8. The van der Waals surface area contributed by atoms with Crippen LogP contribution in [0.2, 0.25) is 5.02 Å². The zero-order chi connectivity index (χ0) is 12.5. The first-order valence-electron chi connectivity index (χ1n) is 5.58. The third-order valence-corrected chi connectivity index (χ3v) is 5.22. The van der Waals surface area contributed by atoms with Gasteiger partial charge in [-0.3, -0.25) is 4.99 Å². The van der Waals surface area contributed by atoms with E-state index in [-0.39, 0.29) is 5.82 Å². The largest absolute Gasteiger partial charge is 0.250 e. The number of halogens is 2. The standard InChI is InChI=1S/C14H11ClFNS/c15-11-6-4-10(5-7-11)8-18-9-17-13-3-1-2-12(16)14(13)18/h1-7,9,18H,8H2. The molecular weight excluding hydrogens is 269 g/mol. The Balaban J connectivity index is 1.89. The average molecular weight is 280 g/mol. The molecule has 0 N–H and O–H groups in total. The van der Waals surface area contributed by atoms with Crippen LogP contribution in [0.3, 0.4) is 0 Å². The van der Waals surface area contributed by atoms with Gasteiger partial charge in [0, 0.05) is 16.3 Å². The lowest BCUT2D eigenvalue weighted by Gasteiger charge is -2.14. The molecule has 0 aromatic heterocycles. The van der Waals surface area contributed by atoms with Crippen LogP contribution in [-0.2, 0) is 5.75 Å². The Morgan fingerprint density at radius 3 is 2.67 bits per heavy atom. The Bertz CT molecular complexity index is 610. The number of rotatable bonds is 2. The van der Waals surface area contributed by atoms with Crippen LogP contribution in [0, 0.1) is 5.82 Å². The van der Waals surface area contributed by atoms with Gasteiger partial charge in [0.25, 0.3) is 0 Å². The molecule has 1 nitrogen and oxygen atoms in total. The van der Waals surface area contributed by atoms with Gasteiger partial charge in [0.1, 0.15) is 5.82 Å². The molecule has 1 unspecified atom stereocenters. The molecule has 1 aliphatic heterocycles. The Hall–Kier alpha value is -1.32. The van der Waals surface area contributed by atoms with E-state index in [0.717, 1.165) is 26.9 Å². The summed E-state index contributed by atoms with van der Waals surface area (Å²) < 4.78 is 13.8. The van der Waals surface area contributed by atoms with Crippen LogP contribution >= 0.6 is 22.5 Å². The van der Waals surface area contributed by atoms with E-state index >= 15 is 0 Å². The minimum Gasteiger partial charge on any atom is -0.250 e. The van der Waals surface area contributed by atoms with Crippen LogP contribution in [0.1, 0.15) is 5.56 Å². The first kappa shape index (κ1) is 11.8. The van der Waals surface area contributed by atoms with E-state index in [1.54, 1.807) is 6.07 Å². The second-order valence-electron chi connectivity index (χ2n) is 4.11. The van der Waals surface area contributed by atoms with E-state index in [1.165, 1.54) is 6.07 Å². The number of fused-ring (bicyclic) bond motifs is 1. The van der Waals surface area contributed by atoms with Crippen LogP contribution in [0.4, 0.5) is 10.1 Å². The fraction of sp³-hybridized carbons (Fsp3) is 0.0714. The van der Waals surface area contributed by atoms with E-state index in [2.05, 4.69) is 4.99 Å². The lowest BCUT2D eigenvalue weighted by Crippen LogP contribution is -1.90. The molecule has 2 aromatic carbocycles. The summed E-state index contributed by atoms with van der Waals surface area (Å²) in [7, 11) is -0.677. The van der Waals surface area contributed by atoms with Gasteiger partial charge in [0.05, 0.1) is 10.6 Å². The maximum atomic E-state index is 13.8. The van der Waals surface area contributed by atoms with Crippen molar-refractivity contribution < 1.29 is 4.39 Å². The normalized spacial score (nSPS) is 18.9. The fourth-order valence-corrected chi connectivity index (χ4v) is 4.11. The lowest BCUT2D eigenvalue weighted by molar-refractivity contribution is 0.603. The van der Waals surface area contributed by atoms with Crippen LogP contribution in [0.5, 0.6) is 0 Å². The van der Waals surface area contributed by atoms with Gasteiger partial charge >= 0.3 is 0 Å². The molecule has 1 aliphatic rings. The van der Waals surface area contributed by atoms with Crippen molar-refractivity contribution >= 4 is 33.7 Å². The molecule has 4 heteroatoms. The second-order valence-corrected chi connectivity index (χ2v) is 6.48. The number of hydrogen-bond donors (Lipinski definition) is 1. The quantitative estimate of drug-likeness (QED) is 0.764. The zero-order valence-corrected chi connectivity index (χ0v) is 11.1. The molecule has 18 heavy (non-hydrogen) atoms. The average Bonchev–Trinajstić information content (AvgIpc) is 2.77. The number of aliphatic imine (C=N–C) groups is 1. The van der Waals surface area contributed by atoms with E-state index < -0.39 is 10.9 Å². The highest BCUT2D eigenvalue weighted by molar-refractivity contribution is 8.28. The van der Waals surface area contributed by atoms with Gasteiger partial charge in [-0.2, -0.15) is 10.9 Å². The van der Waals surface area contributed by atoms with Gasteiger partial charge in [-0.15, -0.1) is 0 Å². The molecule has 0 fully saturated rings. The second kappa shape index (κ2) is 4.75. The molecule has 2 aromatic rings. The monoisotopic (exact) mass is 279 g/mol. The smallest absolute Gasteiger partial charge is 0.137 e. The molecule has 0 aliphatic carbocycles. The first-order chi connectivity index (χ1) is 8.74. The number of benzene rings is 2. The number of thiol groups is 1. The summed E-state index contributed by atoms with van der Waals surface area (Å²) in [5.74, 6) is 0.661. The molecule has 0 amide bonds. The van der Waals surface area contributed by atoms with Crippen molar-refractivity contribution in [3.63, 3.8) is 0 Å². The lowest BCUT2D eigenvalue weighted by atomic mass is 10.2. The predicted molar refractivity (Wildman–Crippen MR) is 77.0 cm³/mol. The van der Waals surface area contributed by atoms with Gasteiger partial charge < -0.3 is 0 Å². The maximum Gasteiger partial charge on any atom is 0.137 e. The van der Waals surface area contributed by atoms with Crippen molar-refractivity contribution in [2.75, 3.05) is 0 Å². The van der Waals surface area contributed by atoms with E-state index in [0.29, 0.717) is 0 Å². The van der Waals surface area contributed by atoms with Gasteiger partial charge in [-0.05, 0) is 29.8 Å². The molecule has 0 saturated heterocycles. The molecule has 1 heterocycles. The Morgan fingerprint density at radius 2 is 1.89 bits per heavy atom. The zero-order valence-electron chi connectivity index (χ0n) is 9.48. The summed E-state index contributed by atoms with van der Waals surface area (Å²) in [5, 5.41) is 0.721. The third kappa shape index (κ3) is 2.16. The maximum absolute atomic E-state index is 13.8. The van der Waals surface area contributed by atoms with E-state index in [4.69, 9.17) is 11.6 Å². The summed E-state index contributed by atoms with van der Waals surface area (Å²) >= 11 is 5.85. The van der Waals surface area contributed by atoms with E-state index in [1.807, 2.05) is 35.9 Å². The van der Waals surface area contributed by atoms with Crippen LogP contribution in [-0.4, -0.2) is 5.55 Å². The molecule has 0 spiro atoms. The highest BCUT2D eigenvalue weighted by Gasteiger charge is 2.19. The minimum absolute atomic E-state index is 0.148. The van der Waals surface area contributed by atoms with Crippen LogP contribution in [0.15, 0.2) is 52.4 Å². The van der Waals surface area contributed by atoms with Crippen molar-refractivity contribution in [3.8, 4) is 0 Å². The highest BCUT2D eigenvalue weighted by Crippen LogP contribution is 2.49. The van der Waals surface area contributed by atoms with Crippen LogP contribution < -0.4 is 0 Å². The Kier molecular flexibility index (Phi) is 3.10. The Labute approximate surface area is 113 Å².